The van der Waals surface area contributed by atoms with Gasteiger partial charge in [-0.05, 0) is 78.4 Å². The number of carbonyl (C=O) groups is 1. The normalized spacial score (nSPS) is 12.4. The van der Waals surface area contributed by atoms with Gasteiger partial charge in [0.05, 0.1) is 12.7 Å². The molecule has 1 atom stereocenters. The van der Waals surface area contributed by atoms with Crippen LogP contribution in [-0.4, -0.2) is 39.9 Å². The maximum Gasteiger partial charge on any atom is 0.251 e. The number of aromatic hydroxyl groups is 1. The molecule has 0 heterocycles. The van der Waals surface area contributed by atoms with Gasteiger partial charge >= 0.3 is 0 Å². The van der Waals surface area contributed by atoms with Crippen molar-refractivity contribution in [3.8, 4) is 5.75 Å². The van der Waals surface area contributed by atoms with Gasteiger partial charge < -0.3 is 26.0 Å². The molecule has 0 saturated carbocycles. The minimum atomic E-state index is -0.792. The molecule has 4 aromatic rings. The Morgan fingerprint density at radius 1 is 0.895 bits per heavy atom. The van der Waals surface area contributed by atoms with E-state index in [0.29, 0.717) is 36.2 Å². The van der Waals surface area contributed by atoms with E-state index in [1.807, 2.05) is 50.2 Å². The van der Waals surface area contributed by atoms with Gasteiger partial charge in [0.25, 0.3) is 5.91 Å². The SMILES string of the molecule is CC(C)(Cc1cccc(C(=O)NCCc2ccc3ccccc3c2)c1)NC[C@@H](O)c1ccc(O)c(CO)c1. The zero-order valence-corrected chi connectivity index (χ0v) is 21.9. The minimum Gasteiger partial charge on any atom is -0.508 e. The topological polar surface area (TPSA) is 102 Å². The van der Waals surface area contributed by atoms with Gasteiger partial charge in [0.1, 0.15) is 5.75 Å². The molecule has 5 N–H and O–H groups in total. The molecule has 4 rings (SSSR count). The number of hydrogen-bond donors (Lipinski definition) is 5. The second-order valence-corrected chi connectivity index (χ2v) is 10.4. The molecule has 198 valence electrons. The quantitative estimate of drug-likeness (QED) is 0.201. The van der Waals surface area contributed by atoms with Crippen LogP contribution in [0.15, 0.2) is 84.9 Å². The van der Waals surface area contributed by atoms with Crippen LogP contribution in [0.5, 0.6) is 5.75 Å². The molecule has 0 aliphatic carbocycles. The summed E-state index contributed by atoms with van der Waals surface area (Å²) in [5.74, 6) is -0.0878. The van der Waals surface area contributed by atoms with E-state index in [2.05, 4.69) is 41.0 Å². The van der Waals surface area contributed by atoms with Crippen LogP contribution in [0.4, 0.5) is 0 Å². The van der Waals surface area contributed by atoms with Crippen molar-refractivity contribution in [1.29, 1.82) is 0 Å². The Hall–Kier alpha value is -3.71. The van der Waals surface area contributed by atoms with Crippen LogP contribution in [0.3, 0.4) is 0 Å². The van der Waals surface area contributed by atoms with Crippen molar-refractivity contribution in [2.45, 2.75) is 44.9 Å². The van der Waals surface area contributed by atoms with Gasteiger partial charge in [-0.25, -0.2) is 0 Å². The first-order valence-corrected chi connectivity index (χ1v) is 12.9. The molecule has 0 unspecified atom stereocenters. The summed E-state index contributed by atoms with van der Waals surface area (Å²) in [4.78, 5) is 12.8. The van der Waals surface area contributed by atoms with Gasteiger partial charge in [0.15, 0.2) is 0 Å². The average Bonchev–Trinajstić information content (AvgIpc) is 2.92. The summed E-state index contributed by atoms with van der Waals surface area (Å²) in [5.41, 5.74) is 3.49. The lowest BCUT2D eigenvalue weighted by molar-refractivity contribution is 0.0954. The summed E-state index contributed by atoms with van der Waals surface area (Å²) < 4.78 is 0. The van der Waals surface area contributed by atoms with Gasteiger partial charge in [-0.15, -0.1) is 0 Å². The third kappa shape index (κ3) is 7.19. The van der Waals surface area contributed by atoms with Gasteiger partial charge in [-0.3, -0.25) is 4.79 Å². The van der Waals surface area contributed by atoms with Crippen LogP contribution in [0.2, 0.25) is 0 Å². The van der Waals surface area contributed by atoms with Crippen LogP contribution in [0.1, 0.15) is 52.6 Å². The Kier molecular flexibility index (Phi) is 8.79. The second-order valence-electron chi connectivity index (χ2n) is 10.4. The second kappa shape index (κ2) is 12.2. The average molecular weight is 513 g/mol. The summed E-state index contributed by atoms with van der Waals surface area (Å²) in [6, 6.07) is 27.0. The number of aliphatic hydroxyl groups is 2. The number of phenols is 1. The maximum atomic E-state index is 12.8. The highest BCUT2D eigenvalue weighted by atomic mass is 16.3. The van der Waals surface area contributed by atoms with Crippen LogP contribution < -0.4 is 10.6 Å². The fraction of sp³-hybridized carbons (Fsp3) is 0.281. The van der Waals surface area contributed by atoms with E-state index >= 15 is 0 Å². The molecule has 0 spiro atoms. The number of aliphatic hydroxyl groups excluding tert-OH is 2. The summed E-state index contributed by atoms with van der Waals surface area (Å²) in [6.45, 7) is 4.66. The smallest absolute Gasteiger partial charge is 0.251 e. The van der Waals surface area contributed by atoms with Crippen molar-refractivity contribution in [2.75, 3.05) is 13.1 Å². The lowest BCUT2D eigenvalue weighted by Gasteiger charge is -2.28. The summed E-state index contributed by atoms with van der Waals surface area (Å²) in [7, 11) is 0. The molecule has 1 amide bonds. The highest BCUT2D eigenvalue weighted by Crippen LogP contribution is 2.23. The van der Waals surface area contributed by atoms with Crippen molar-refractivity contribution in [3.05, 3.63) is 113 Å². The largest absolute Gasteiger partial charge is 0.508 e. The van der Waals surface area contributed by atoms with Gasteiger partial charge in [0.2, 0.25) is 0 Å². The Bertz CT molecular complexity index is 1400. The fourth-order valence-electron chi connectivity index (χ4n) is 4.64. The molecule has 0 saturated heterocycles. The number of β-amino-alcohol motifs (C(OH)–C–C–N with tert-alkyl or cyclic N) is 1. The number of benzene rings is 4. The Balaban J connectivity index is 1.30. The third-order valence-corrected chi connectivity index (χ3v) is 6.78. The number of carbonyl (C=O) groups excluding carboxylic acids is 1. The van der Waals surface area contributed by atoms with E-state index in [-0.39, 0.29) is 23.8 Å². The molecule has 38 heavy (non-hydrogen) atoms. The Morgan fingerprint density at radius 2 is 1.68 bits per heavy atom. The van der Waals surface area contributed by atoms with Crippen molar-refractivity contribution < 1.29 is 20.1 Å². The summed E-state index contributed by atoms with van der Waals surface area (Å²) in [6.07, 6.45) is 0.631. The van der Waals surface area contributed by atoms with E-state index in [1.54, 1.807) is 12.1 Å². The van der Waals surface area contributed by atoms with Crippen molar-refractivity contribution in [1.82, 2.24) is 10.6 Å². The summed E-state index contributed by atoms with van der Waals surface area (Å²) >= 11 is 0. The highest BCUT2D eigenvalue weighted by molar-refractivity contribution is 5.94. The standard InChI is InChI=1S/C32H36N2O4/c1-32(2,34-20-30(37)26-12-13-29(36)28(18-26)21-35)19-23-6-5-9-27(17-23)31(38)33-15-14-22-10-11-24-7-3-4-8-25(24)16-22/h3-13,16-18,30,34-37H,14-15,19-21H2,1-2H3,(H,33,38)/t30-/m1/s1. The number of rotatable bonds is 11. The zero-order valence-electron chi connectivity index (χ0n) is 21.9. The predicted octanol–water partition coefficient (Wildman–Crippen LogP) is 4.65. The van der Waals surface area contributed by atoms with E-state index in [0.717, 1.165) is 12.0 Å². The number of amides is 1. The molecular weight excluding hydrogens is 476 g/mol. The molecule has 0 aliphatic rings. The van der Waals surface area contributed by atoms with E-state index < -0.39 is 6.10 Å². The number of nitrogens with one attached hydrogen (secondary N) is 2. The van der Waals surface area contributed by atoms with Crippen LogP contribution in [0, 0.1) is 0 Å². The lowest BCUT2D eigenvalue weighted by Crippen LogP contribution is -2.43. The molecular formula is C32H36N2O4. The van der Waals surface area contributed by atoms with Crippen LogP contribution >= 0.6 is 0 Å². The van der Waals surface area contributed by atoms with Crippen LogP contribution in [-0.2, 0) is 19.4 Å². The number of fused-ring (bicyclic) bond motifs is 1. The van der Waals surface area contributed by atoms with Gasteiger partial charge in [-0.2, -0.15) is 0 Å². The third-order valence-electron chi connectivity index (χ3n) is 6.78. The first kappa shape index (κ1) is 27.3. The maximum absolute atomic E-state index is 12.8. The van der Waals surface area contributed by atoms with Crippen LogP contribution in [0.25, 0.3) is 10.8 Å². The highest BCUT2D eigenvalue weighted by Gasteiger charge is 2.21. The van der Waals surface area contributed by atoms with Crippen molar-refractivity contribution in [3.63, 3.8) is 0 Å². The number of hydrogen-bond acceptors (Lipinski definition) is 5. The monoisotopic (exact) mass is 512 g/mol. The first-order chi connectivity index (χ1) is 18.2. The first-order valence-electron chi connectivity index (χ1n) is 12.9. The predicted molar refractivity (Wildman–Crippen MR) is 151 cm³/mol. The minimum absolute atomic E-state index is 0.00865. The lowest BCUT2D eigenvalue weighted by atomic mass is 9.93. The summed E-state index contributed by atoms with van der Waals surface area (Å²) in [5, 5.41) is 38.6. The van der Waals surface area contributed by atoms with E-state index in [9.17, 15) is 20.1 Å². The van der Waals surface area contributed by atoms with E-state index in [4.69, 9.17) is 0 Å². The molecule has 0 bridgehead atoms. The molecule has 6 nitrogen and oxygen atoms in total. The van der Waals surface area contributed by atoms with Crippen molar-refractivity contribution >= 4 is 16.7 Å². The Labute approximate surface area is 224 Å². The molecule has 0 aromatic heterocycles. The van der Waals surface area contributed by atoms with Gasteiger partial charge in [0, 0.05) is 29.8 Å². The molecule has 0 radical (unpaired) electrons. The van der Waals surface area contributed by atoms with E-state index in [1.165, 1.54) is 22.4 Å². The fourth-order valence-corrected chi connectivity index (χ4v) is 4.64. The molecule has 0 aliphatic heterocycles. The van der Waals surface area contributed by atoms with Gasteiger partial charge in [-0.1, -0.05) is 60.7 Å². The molecule has 0 fully saturated rings. The zero-order chi connectivity index (χ0) is 27.1. The Morgan fingerprint density at radius 3 is 2.47 bits per heavy atom. The molecule has 6 heteroatoms. The molecule has 4 aromatic carbocycles. The van der Waals surface area contributed by atoms with Crippen molar-refractivity contribution in [2.24, 2.45) is 0 Å².